The summed E-state index contributed by atoms with van der Waals surface area (Å²) in [4.78, 5) is 10.9. The highest BCUT2D eigenvalue weighted by atomic mass is 16.4. The molecule has 4 nitrogen and oxygen atoms in total. The molecule has 0 heterocycles. The molecule has 262 valence electrons. The predicted octanol–water partition coefficient (Wildman–Crippen LogP) is 12.4. The largest absolute Gasteiger partial charge is 0.508 e. The molecule has 1 unspecified atom stereocenters. The smallest absolute Gasteiger partial charge is 0.303 e. The average Bonchev–Trinajstić information content (AvgIpc) is 3.17. The van der Waals surface area contributed by atoms with Crippen molar-refractivity contribution in [3.05, 3.63) is 167 Å². The normalized spacial score (nSPS) is 10.7. The SMILES string of the molecule is CC.CC.CC.CC(CC(c1ccccc1)c1ccccc1)c1ccccc1.CC(CCC(=O)O)(c1ccc(O)cc1)c1ccc(O)cc1. The number of hydrogen-bond donors (Lipinski definition) is 3. The molecule has 0 radical (unpaired) electrons. The molecule has 5 aromatic carbocycles. The Morgan fingerprint density at radius 1 is 0.551 bits per heavy atom. The van der Waals surface area contributed by atoms with Gasteiger partial charge in [0.05, 0.1) is 0 Å². The maximum absolute atomic E-state index is 10.9. The molecule has 5 aromatic rings. The van der Waals surface area contributed by atoms with E-state index in [1.54, 1.807) is 48.5 Å². The van der Waals surface area contributed by atoms with Gasteiger partial charge in [0, 0.05) is 17.8 Å². The Kier molecular flexibility index (Phi) is 20.2. The van der Waals surface area contributed by atoms with Gasteiger partial charge in [-0.05, 0) is 70.8 Å². The minimum Gasteiger partial charge on any atom is -0.508 e. The van der Waals surface area contributed by atoms with Crippen molar-refractivity contribution < 1.29 is 20.1 Å². The van der Waals surface area contributed by atoms with Crippen molar-refractivity contribution in [1.29, 1.82) is 0 Å². The molecule has 0 aliphatic rings. The molecule has 0 amide bonds. The molecule has 0 bridgehead atoms. The van der Waals surface area contributed by atoms with Crippen LogP contribution in [0.3, 0.4) is 0 Å². The van der Waals surface area contributed by atoms with Gasteiger partial charge in [0.15, 0.2) is 0 Å². The maximum atomic E-state index is 10.9. The van der Waals surface area contributed by atoms with Crippen molar-refractivity contribution in [2.75, 3.05) is 0 Å². The van der Waals surface area contributed by atoms with Gasteiger partial charge in [-0.3, -0.25) is 4.79 Å². The Morgan fingerprint density at radius 3 is 1.20 bits per heavy atom. The molecule has 0 saturated carbocycles. The zero-order chi connectivity index (χ0) is 36.7. The second-order valence-corrected chi connectivity index (χ2v) is 11.2. The number of carboxylic acid groups (broad SMARTS) is 1. The molecule has 0 aromatic heterocycles. The van der Waals surface area contributed by atoms with Crippen molar-refractivity contribution in [1.82, 2.24) is 0 Å². The number of phenols is 2. The van der Waals surface area contributed by atoms with Gasteiger partial charge in [-0.25, -0.2) is 0 Å². The van der Waals surface area contributed by atoms with Gasteiger partial charge in [0.25, 0.3) is 0 Å². The van der Waals surface area contributed by atoms with Crippen molar-refractivity contribution in [3.63, 3.8) is 0 Å². The third kappa shape index (κ3) is 13.7. The van der Waals surface area contributed by atoms with Crippen LogP contribution in [0.5, 0.6) is 11.5 Å². The molecule has 1 atom stereocenters. The fraction of sp³-hybridized carbons (Fsp3) is 0.311. The van der Waals surface area contributed by atoms with E-state index in [1.807, 2.05) is 48.5 Å². The third-order valence-electron chi connectivity index (χ3n) is 8.21. The highest BCUT2D eigenvalue weighted by Crippen LogP contribution is 2.38. The number of carboxylic acids is 1. The highest BCUT2D eigenvalue weighted by molar-refractivity contribution is 5.67. The lowest BCUT2D eigenvalue weighted by Gasteiger charge is -2.30. The van der Waals surface area contributed by atoms with Gasteiger partial charge in [0.1, 0.15) is 11.5 Å². The summed E-state index contributed by atoms with van der Waals surface area (Å²) in [5.74, 6) is 0.470. The summed E-state index contributed by atoms with van der Waals surface area (Å²) >= 11 is 0. The molecule has 5 rings (SSSR count). The quantitative estimate of drug-likeness (QED) is 0.139. The fourth-order valence-corrected chi connectivity index (χ4v) is 5.58. The summed E-state index contributed by atoms with van der Waals surface area (Å²) in [7, 11) is 0. The maximum Gasteiger partial charge on any atom is 0.303 e. The van der Waals surface area contributed by atoms with Crippen LogP contribution in [-0.4, -0.2) is 21.3 Å². The zero-order valence-corrected chi connectivity index (χ0v) is 30.8. The van der Waals surface area contributed by atoms with Crippen molar-refractivity contribution in [2.45, 2.75) is 91.9 Å². The van der Waals surface area contributed by atoms with Crippen LogP contribution in [0.25, 0.3) is 0 Å². The Bertz CT molecular complexity index is 1450. The zero-order valence-electron chi connectivity index (χ0n) is 30.8. The Morgan fingerprint density at radius 2 is 0.878 bits per heavy atom. The standard InChI is InChI=1S/C22H22.C17H18O4.3C2H6/c1-18(19-11-5-2-6-12-19)17-22(20-13-7-3-8-14-20)21-15-9-4-10-16-21;1-17(11-10-16(20)21,12-2-6-14(18)7-3-12)13-4-8-15(19)9-5-13;3*1-2/h2-16,18,22H,17H2,1H3;2-9,18-19H,10-11H2,1H3,(H,20,21);3*1-2H3. The number of rotatable bonds is 10. The molecule has 0 spiro atoms. The molecular formula is C45H58O4. The van der Waals surface area contributed by atoms with Gasteiger partial charge in [-0.1, -0.05) is 171 Å². The highest BCUT2D eigenvalue weighted by Gasteiger charge is 2.29. The van der Waals surface area contributed by atoms with E-state index in [0.717, 1.165) is 17.5 Å². The van der Waals surface area contributed by atoms with Gasteiger partial charge in [-0.2, -0.15) is 0 Å². The van der Waals surface area contributed by atoms with Crippen molar-refractivity contribution >= 4 is 5.97 Å². The number of hydrogen-bond acceptors (Lipinski definition) is 3. The Balaban J connectivity index is 0.000000426. The van der Waals surface area contributed by atoms with E-state index in [1.165, 1.54) is 16.7 Å². The lowest BCUT2D eigenvalue weighted by molar-refractivity contribution is -0.137. The van der Waals surface area contributed by atoms with E-state index in [-0.39, 0.29) is 17.9 Å². The van der Waals surface area contributed by atoms with E-state index in [2.05, 4.69) is 97.9 Å². The third-order valence-corrected chi connectivity index (χ3v) is 8.21. The van der Waals surface area contributed by atoms with Crippen LogP contribution in [0.1, 0.15) is 114 Å². The van der Waals surface area contributed by atoms with E-state index >= 15 is 0 Å². The van der Waals surface area contributed by atoms with Crippen LogP contribution in [0.2, 0.25) is 0 Å². The molecule has 3 N–H and O–H groups in total. The average molecular weight is 663 g/mol. The molecule has 0 aliphatic carbocycles. The number of phenolic OH excluding ortho intramolecular Hbond substituents is 2. The number of aliphatic carboxylic acids is 1. The lowest BCUT2D eigenvalue weighted by atomic mass is 9.73. The van der Waals surface area contributed by atoms with E-state index in [4.69, 9.17) is 5.11 Å². The minimum absolute atomic E-state index is 0.0399. The van der Waals surface area contributed by atoms with Gasteiger partial charge in [0.2, 0.25) is 0 Å². The van der Waals surface area contributed by atoms with Gasteiger partial charge < -0.3 is 15.3 Å². The van der Waals surface area contributed by atoms with Crippen molar-refractivity contribution in [3.8, 4) is 11.5 Å². The molecule has 49 heavy (non-hydrogen) atoms. The van der Waals surface area contributed by atoms with Crippen LogP contribution < -0.4 is 0 Å². The van der Waals surface area contributed by atoms with Crippen LogP contribution in [0.15, 0.2) is 140 Å². The summed E-state index contributed by atoms with van der Waals surface area (Å²) in [6.07, 6.45) is 1.59. The molecular weight excluding hydrogens is 604 g/mol. The number of carbonyl (C=O) groups is 1. The first kappa shape index (κ1) is 42.2. The monoisotopic (exact) mass is 662 g/mol. The summed E-state index contributed by atoms with van der Waals surface area (Å²) in [5, 5.41) is 27.8. The lowest BCUT2D eigenvalue weighted by Crippen LogP contribution is -2.24. The topological polar surface area (TPSA) is 77.8 Å². The van der Waals surface area contributed by atoms with Crippen LogP contribution >= 0.6 is 0 Å². The second-order valence-electron chi connectivity index (χ2n) is 11.2. The summed E-state index contributed by atoms with van der Waals surface area (Å²) in [6.45, 7) is 16.3. The van der Waals surface area contributed by atoms with Crippen LogP contribution in [0.4, 0.5) is 0 Å². The van der Waals surface area contributed by atoms with Gasteiger partial charge in [-0.15, -0.1) is 0 Å². The first-order valence-electron chi connectivity index (χ1n) is 17.7. The van der Waals surface area contributed by atoms with E-state index < -0.39 is 11.4 Å². The van der Waals surface area contributed by atoms with Gasteiger partial charge >= 0.3 is 5.97 Å². The molecule has 0 saturated heterocycles. The second kappa shape index (κ2) is 23.5. The molecule has 0 aliphatic heterocycles. The van der Waals surface area contributed by atoms with Crippen LogP contribution in [-0.2, 0) is 10.2 Å². The first-order chi connectivity index (χ1) is 23.8. The van der Waals surface area contributed by atoms with Crippen molar-refractivity contribution in [2.24, 2.45) is 0 Å². The Labute approximate surface area is 296 Å². The predicted molar refractivity (Wildman–Crippen MR) is 208 cm³/mol. The number of benzene rings is 5. The molecule has 0 fully saturated rings. The summed E-state index contributed by atoms with van der Waals surface area (Å²) < 4.78 is 0. The summed E-state index contributed by atoms with van der Waals surface area (Å²) in [6, 6.07) is 46.1. The fourth-order valence-electron chi connectivity index (χ4n) is 5.58. The minimum atomic E-state index is -0.848. The van der Waals surface area contributed by atoms with E-state index in [0.29, 0.717) is 18.3 Å². The molecule has 4 heteroatoms. The summed E-state index contributed by atoms with van der Waals surface area (Å²) in [5.41, 5.74) is 5.56. The number of aromatic hydroxyl groups is 2. The Hall–Kier alpha value is -4.83. The van der Waals surface area contributed by atoms with E-state index in [9.17, 15) is 15.0 Å². The first-order valence-corrected chi connectivity index (χ1v) is 17.7. The van der Waals surface area contributed by atoms with Crippen LogP contribution in [0, 0.1) is 0 Å².